The number of halogens is 1. The summed E-state index contributed by atoms with van der Waals surface area (Å²) in [6, 6.07) is 17.7. The number of Topliss-reactive ketones (excluding diaryl/α,β-unsaturated/α-hetero) is 1. The molecular weight excluding hydrogens is 358 g/mol. The van der Waals surface area contributed by atoms with Crippen molar-refractivity contribution in [2.24, 2.45) is 17.3 Å². The number of rotatable bonds is 3. The van der Waals surface area contributed by atoms with E-state index < -0.39 is 5.41 Å². The van der Waals surface area contributed by atoms with Gasteiger partial charge in [-0.2, -0.15) is 0 Å². The van der Waals surface area contributed by atoms with E-state index >= 15 is 0 Å². The number of nitrogens with zero attached hydrogens (tertiary/aromatic N) is 1. The molecule has 3 aliphatic rings. The first-order valence-electron chi connectivity index (χ1n) is 9.41. The van der Waals surface area contributed by atoms with E-state index in [4.69, 9.17) is 11.6 Å². The van der Waals surface area contributed by atoms with E-state index in [1.165, 1.54) is 0 Å². The third kappa shape index (κ3) is 2.41. The van der Waals surface area contributed by atoms with Crippen LogP contribution in [0.3, 0.4) is 0 Å². The standard InChI is InChI=1S/C23H20ClNO2/c24-19-8-4-7-16(12-19)20-17-9-10-18(11-17)23(20)14-25(22(27)21(23)26)13-15-5-2-1-3-6-15/h1-10,12,17-18,20H,11,13-14H2/t17-,18+,20-,23-/m1/s1. The Morgan fingerprint density at radius 1 is 1.04 bits per heavy atom. The van der Waals surface area contributed by atoms with Crippen LogP contribution in [-0.4, -0.2) is 23.1 Å². The van der Waals surface area contributed by atoms with Crippen LogP contribution in [0.5, 0.6) is 0 Å². The van der Waals surface area contributed by atoms with Gasteiger partial charge in [-0.3, -0.25) is 9.59 Å². The molecule has 0 N–H and O–H groups in total. The van der Waals surface area contributed by atoms with Crippen LogP contribution in [0, 0.1) is 17.3 Å². The molecule has 0 aromatic heterocycles. The summed E-state index contributed by atoms with van der Waals surface area (Å²) in [4.78, 5) is 28.0. The van der Waals surface area contributed by atoms with Crippen LogP contribution < -0.4 is 0 Å². The third-order valence-electron chi connectivity index (χ3n) is 6.54. The Morgan fingerprint density at radius 2 is 1.85 bits per heavy atom. The second-order valence-corrected chi connectivity index (χ2v) is 8.38. The molecule has 4 atom stereocenters. The zero-order valence-corrected chi connectivity index (χ0v) is 15.6. The maximum absolute atomic E-state index is 13.3. The van der Waals surface area contributed by atoms with Gasteiger partial charge in [-0.25, -0.2) is 0 Å². The van der Waals surface area contributed by atoms with E-state index in [1.807, 2.05) is 54.6 Å². The van der Waals surface area contributed by atoms with Crippen molar-refractivity contribution in [2.75, 3.05) is 6.54 Å². The number of hydrogen-bond acceptors (Lipinski definition) is 2. The highest BCUT2D eigenvalue weighted by Gasteiger charge is 2.66. The molecule has 1 spiro atoms. The summed E-state index contributed by atoms with van der Waals surface area (Å²) < 4.78 is 0. The number of likely N-dealkylation sites (tertiary alicyclic amines) is 1. The molecule has 2 bridgehead atoms. The van der Waals surface area contributed by atoms with Gasteiger partial charge < -0.3 is 4.90 Å². The lowest BCUT2D eigenvalue weighted by molar-refractivity contribution is -0.143. The van der Waals surface area contributed by atoms with Crippen LogP contribution in [0.1, 0.15) is 23.5 Å². The van der Waals surface area contributed by atoms with Gasteiger partial charge in [0.05, 0.1) is 5.41 Å². The van der Waals surface area contributed by atoms with Crippen molar-refractivity contribution in [3.8, 4) is 0 Å². The number of ketones is 1. The molecule has 5 rings (SSSR count). The highest BCUT2D eigenvalue weighted by Crippen LogP contribution is 2.63. The SMILES string of the molecule is O=C1C(=O)[C@@]2(CN1Cc1ccccc1)[C@H](c1cccc(Cl)c1)[C@@H]1C=C[C@H]2C1. The van der Waals surface area contributed by atoms with Gasteiger partial charge in [0.2, 0.25) is 5.78 Å². The van der Waals surface area contributed by atoms with E-state index in [1.54, 1.807) is 4.90 Å². The second kappa shape index (κ2) is 6.07. The summed E-state index contributed by atoms with van der Waals surface area (Å²) in [7, 11) is 0. The Kier molecular flexibility index (Phi) is 3.76. The van der Waals surface area contributed by atoms with Crippen molar-refractivity contribution in [1.82, 2.24) is 4.90 Å². The maximum Gasteiger partial charge on any atom is 0.290 e. The quantitative estimate of drug-likeness (QED) is 0.593. The minimum atomic E-state index is -0.657. The third-order valence-corrected chi connectivity index (χ3v) is 6.78. The Hall–Kier alpha value is -2.39. The number of carbonyl (C=O) groups excluding carboxylic acids is 2. The summed E-state index contributed by atoms with van der Waals surface area (Å²) in [5.74, 6) is -0.124. The van der Waals surface area contributed by atoms with Crippen LogP contribution in [0.15, 0.2) is 66.7 Å². The zero-order valence-electron chi connectivity index (χ0n) is 14.8. The molecule has 1 saturated heterocycles. The highest BCUT2D eigenvalue weighted by molar-refractivity contribution is 6.40. The lowest BCUT2D eigenvalue weighted by Crippen LogP contribution is -2.41. The highest BCUT2D eigenvalue weighted by atomic mass is 35.5. The van der Waals surface area contributed by atoms with E-state index in [0.29, 0.717) is 24.0 Å². The molecule has 136 valence electrons. The molecule has 0 unspecified atom stereocenters. The molecule has 1 heterocycles. The van der Waals surface area contributed by atoms with Gasteiger partial charge in [-0.15, -0.1) is 0 Å². The Labute approximate surface area is 163 Å². The molecule has 1 aliphatic heterocycles. The molecule has 2 aromatic carbocycles. The number of benzene rings is 2. The predicted octanol–water partition coefficient (Wildman–Crippen LogP) is 4.23. The number of fused-ring (bicyclic) bond motifs is 3. The van der Waals surface area contributed by atoms with Gasteiger partial charge in [-0.1, -0.05) is 66.2 Å². The van der Waals surface area contributed by atoms with Crippen LogP contribution in [0.25, 0.3) is 0 Å². The van der Waals surface area contributed by atoms with Gasteiger partial charge in [0.15, 0.2) is 0 Å². The summed E-state index contributed by atoms with van der Waals surface area (Å²) in [5.41, 5.74) is 1.46. The minimum Gasteiger partial charge on any atom is -0.331 e. The number of allylic oxidation sites excluding steroid dienone is 2. The molecule has 2 aromatic rings. The van der Waals surface area contributed by atoms with Crippen LogP contribution in [0.2, 0.25) is 5.02 Å². The van der Waals surface area contributed by atoms with Gasteiger partial charge >= 0.3 is 0 Å². The molecule has 2 aliphatic carbocycles. The first-order valence-corrected chi connectivity index (χ1v) is 9.79. The van der Waals surface area contributed by atoms with E-state index in [0.717, 1.165) is 17.5 Å². The topological polar surface area (TPSA) is 37.4 Å². The average Bonchev–Trinajstić information content (AvgIpc) is 3.33. The monoisotopic (exact) mass is 377 g/mol. The molecule has 1 saturated carbocycles. The molecule has 27 heavy (non-hydrogen) atoms. The van der Waals surface area contributed by atoms with Crippen molar-refractivity contribution < 1.29 is 9.59 Å². The largest absolute Gasteiger partial charge is 0.331 e. The van der Waals surface area contributed by atoms with Crippen molar-refractivity contribution >= 4 is 23.3 Å². The van der Waals surface area contributed by atoms with Crippen molar-refractivity contribution in [3.63, 3.8) is 0 Å². The van der Waals surface area contributed by atoms with E-state index in [2.05, 4.69) is 12.2 Å². The molecule has 3 nitrogen and oxygen atoms in total. The molecule has 1 amide bonds. The first kappa shape index (κ1) is 16.8. The smallest absolute Gasteiger partial charge is 0.290 e. The number of amides is 1. The summed E-state index contributed by atoms with van der Waals surface area (Å²) in [5, 5.41) is 0.673. The van der Waals surface area contributed by atoms with E-state index in [9.17, 15) is 9.59 Å². The van der Waals surface area contributed by atoms with Gasteiger partial charge in [0, 0.05) is 24.0 Å². The second-order valence-electron chi connectivity index (χ2n) is 7.94. The van der Waals surface area contributed by atoms with Crippen molar-refractivity contribution in [3.05, 3.63) is 82.9 Å². The molecule has 2 fully saturated rings. The number of hydrogen-bond donors (Lipinski definition) is 0. The fourth-order valence-corrected chi connectivity index (χ4v) is 5.67. The zero-order chi connectivity index (χ0) is 18.6. The summed E-state index contributed by atoms with van der Waals surface area (Å²) in [6.45, 7) is 0.971. The van der Waals surface area contributed by atoms with Crippen LogP contribution in [-0.2, 0) is 16.1 Å². The molecular formula is C23H20ClNO2. The van der Waals surface area contributed by atoms with Crippen LogP contribution >= 0.6 is 11.6 Å². The Bertz CT molecular complexity index is 954. The Balaban J connectivity index is 1.54. The predicted molar refractivity (Wildman–Crippen MR) is 104 cm³/mol. The summed E-state index contributed by atoms with van der Waals surface area (Å²) >= 11 is 6.24. The van der Waals surface area contributed by atoms with Gasteiger partial charge in [-0.05, 0) is 41.5 Å². The fourth-order valence-electron chi connectivity index (χ4n) is 5.47. The lowest BCUT2D eigenvalue weighted by Gasteiger charge is -2.37. The van der Waals surface area contributed by atoms with Crippen LogP contribution in [0.4, 0.5) is 0 Å². The van der Waals surface area contributed by atoms with Crippen molar-refractivity contribution in [1.29, 1.82) is 0 Å². The number of carbonyl (C=O) groups is 2. The molecule has 4 heteroatoms. The Morgan fingerprint density at radius 3 is 2.63 bits per heavy atom. The normalized spacial score (nSPS) is 31.4. The lowest BCUT2D eigenvalue weighted by atomic mass is 9.64. The first-order chi connectivity index (χ1) is 13.1. The van der Waals surface area contributed by atoms with Gasteiger partial charge in [0.1, 0.15) is 0 Å². The average molecular weight is 378 g/mol. The maximum atomic E-state index is 13.3. The van der Waals surface area contributed by atoms with Gasteiger partial charge in [0.25, 0.3) is 5.91 Å². The minimum absolute atomic E-state index is 0.0171. The van der Waals surface area contributed by atoms with Crippen molar-refractivity contribution in [2.45, 2.75) is 18.9 Å². The molecule has 0 radical (unpaired) electrons. The fraction of sp³-hybridized carbons (Fsp3) is 0.304. The summed E-state index contributed by atoms with van der Waals surface area (Å²) in [6.07, 6.45) is 5.32. The van der Waals surface area contributed by atoms with E-state index in [-0.39, 0.29) is 23.5 Å².